The molecule has 2 aromatic rings. The molecule has 1 amide bonds. The molecule has 4 rings (SSSR count). The summed E-state index contributed by atoms with van der Waals surface area (Å²) in [4.78, 5) is 12.5. The number of hydrogen-bond acceptors (Lipinski definition) is 6. The maximum absolute atomic E-state index is 13.5. The van der Waals surface area contributed by atoms with Crippen molar-refractivity contribution in [3.8, 4) is 16.9 Å². The van der Waals surface area contributed by atoms with Gasteiger partial charge in [0.25, 0.3) is 5.91 Å². The van der Waals surface area contributed by atoms with Crippen LogP contribution in [0.1, 0.15) is 37.3 Å². The molecule has 2 aliphatic rings. The summed E-state index contributed by atoms with van der Waals surface area (Å²) in [5.41, 5.74) is 7.07. The monoisotopic (exact) mass is 500 g/mol. The third-order valence-corrected chi connectivity index (χ3v) is 9.49. The number of hydroxylamine groups is 1. The Balaban J connectivity index is 1.52. The predicted molar refractivity (Wildman–Crippen MR) is 134 cm³/mol. The zero-order chi connectivity index (χ0) is 25.1. The summed E-state index contributed by atoms with van der Waals surface area (Å²) < 4.78 is 37.4. The van der Waals surface area contributed by atoms with Gasteiger partial charge in [0.05, 0.1) is 6.61 Å². The van der Waals surface area contributed by atoms with Crippen LogP contribution < -0.4 is 10.2 Å². The van der Waals surface area contributed by atoms with Crippen LogP contribution in [-0.4, -0.2) is 61.5 Å². The quantitative estimate of drug-likeness (QED) is 0.445. The van der Waals surface area contributed by atoms with Gasteiger partial charge in [0.15, 0.2) is 4.75 Å². The Morgan fingerprint density at radius 3 is 2.40 bits per heavy atom. The Kier molecular flexibility index (Phi) is 7.61. The molecular formula is C26H32N2O6S. The van der Waals surface area contributed by atoms with Crippen molar-refractivity contribution < 1.29 is 27.9 Å². The van der Waals surface area contributed by atoms with E-state index in [0.29, 0.717) is 13.0 Å². The van der Waals surface area contributed by atoms with Crippen molar-refractivity contribution in [1.82, 2.24) is 9.79 Å². The molecule has 9 heteroatoms. The first-order valence-corrected chi connectivity index (χ1v) is 13.3. The van der Waals surface area contributed by atoms with Crippen LogP contribution in [0.3, 0.4) is 0 Å². The van der Waals surface area contributed by atoms with E-state index >= 15 is 0 Å². The van der Waals surface area contributed by atoms with Crippen molar-refractivity contribution in [3.63, 3.8) is 0 Å². The minimum atomic E-state index is -4.00. The lowest BCUT2D eigenvalue weighted by molar-refractivity contribution is -0.134. The zero-order valence-corrected chi connectivity index (χ0v) is 20.9. The van der Waals surface area contributed by atoms with Crippen LogP contribution in [0.25, 0.3) is 16.7 Å². The Morgan fingerprint density at radius 2 is 1.83 bits per heavy atom. The molecule has 2 aliphatic heterocycles. The molecule has 0 aromatic heterocycles. The van der Waals surface area contributed by atoms with Gasteiger partial charge in [-0.15, -0.1) is 0 Å². The van der Waals surface area contributed by atoms with E-state index in [0.717, 1.165) is 33.6 Å². The van der Waals surface area contributed by atoms with Crippen LogP contribution in [0.2, 0.25) is 0 Å². The van der Waals surface area contributed by atoms with E-state index in [1.807, 2.05) is 37.3 Å². The number of nitrogens with one attached hydrogen (secondary N) is 1. The lowest BCUT2D eigenvalue weighted by atomic mass is 9.93. The lowest BCUT2D eigenvalue weighted by Crippen LogP contribution is -2.59. The molecule has 0 saturated carbocycles. The van der Waals surface area contributed by atoms with Gasteiger partial charge < -0.3 is 9.47 Å². The molecule has 0 bridgehead atoms. The maximum Gasteiger partial charge on any atom is 0.266 e. The summed E-state index contributed by atoms with van der Waals surface area (Å²) in [6.45, 7) is 5.42. The van der Waals surface area contributed by atoms with Gasteiger partial charge in [0, 0.05) is 39.1 Å². The second kappa shape index (κ2) is 10.5. The molecule has 1 fully saturated rings. The van der Waals surface area contributed by atoms with E-state index in [1.54, 1.807) is 5.48 Å². The highest BCUT2D eigenvalue weighted by atomic mass is 32.2. The van der Waals surface area contributed by atoms with Crippen molar-refractivity contribution >= 4 is 21.5 Å². The van der Waals surface area contributed by atoms with Crippen LogP contribution in [0.5, 0.6) is 5.75 Å². The molecule has 35 heavy (non-hydrogen) atoms. The fraction of sp³-hybridized carbons (Fsp3) is 0.423. The van der Waals surface area contributed by atoms with Gasteiger partial charge in [-0.25, -0.2) is 13.9 Å². The van der Waals surface area contributed by atoms with Gasteiger partial charge >= 0.3 is 0 Å². The molecular weight excluding hydrogens is 468 g/mol. The van der Waals surface area contributed by atoms with E-state index in [2.05, 4.69) is 25.1 Å². The molecule has 2 aromatic carbocycles. The highest BCUT2D eigenvalue weighted by Gasteiger charge is 2.54. The molecule has 8 nitrogen and oxygen atoms in total. The average Bonchev–Trinajstić information content (AvgIpc) is 2.89. The Labute approximate surface area is 206 Å². The highest BCUT2D eigenvalue weighted by Crippen LogP contribution is 2.36. The predicted octanol–water partition coefficient (Wildman–Crippen LogP) is 3.53. The molecule has 1 saturated heterocycles. The molecule has 0 spiro atoms. The number of rotatable bonds is 7. The number of hydrogen-bond donors (Lipinski definition) is 2. The third kappa shape index (κ3) is 4.86. The Hall–Kier alpha value is -2.72. The topological polar surface area (TPSA) is 105 Å². The molecule has 188 valence electrons. The zero-order valence-electron chi connectivity index (χ0n) is 20.1. The SMILES string of the molecule is CCOc1ccc(-c2ccc(C3=CCN(S(=O)(=O)C4(C(=O)NO)CCOCC4)CC3)cc2C)cc1. The Morgan fingerprint density at radius 1 is 1.14 bits per heavy atom. The summed E-state index contributed by atoms with van der Waals surface area (Å²) in [6.07, 6.45) is 2.48. The lowest BCUT2D eigenvalue weighted by Gasteiger charge is -2.39. The number of carbonyl (C=O) groups is 1. The minimum Gasteiger partial charge on any atom is -0.494 e. The van der Waals surface area contributed by atoms with Crippen LogP contribution in [0.15, 0.2) is 48.5 Å². The fourth-order valence-corrected chi connectivity index (χ4v) is 6.93. The summed E-state index contributed by atoms with van der Waals surface area (Å²) in [5.74, 6) is -0.0486. The standard InChI is InChI=1S/C26H32N2O6S/c1-3-34-23-7-4-21(5-8-23)24-9-6-22(18-19(24)2)20-10-14-28(15-11-20)35(31,32)26(25(29)27-30)12-16-33-17-13-26/h4-10,18,30H,3,11-17H2,1-2H3,(H,27,29). The van der Waals surface area contributed by atoms with Gasteiger partial charge in [-0.1, -0.05) is 36.4 Å². The second-order valence-electron chi connectivity index (χ2n) is 8.88. The molecule has 2 N–H and O–H groups in total. The smallest absolute Gasteiger partial charge is 0.266 e. The number of sulfonamides is 1. The third-order valence-electron chi connectivity index (χ3n) is 6.89. The van der Waals surface area contributed by atoms with E-state index < -0.39 is 20.7 Å². The number of amides is 1. The summed E-state index contributed by atoms with van der Waals surface area (Å²) in [5, 5.41) is 9.23. The molecule has 0 atom stereocenters. The first-order chi connectivity index (χ1) is 16.8. The molecule has 2 heterocycles. The van der Waals surface area contributed by atoms with E-state index in [9.17, 15) is 18.4 Å². The van der Waals surface area contributed by atoms with E-state index in [1.165, 1.54) is 4.31 Å². The van der Waals surface area contributed by atoms with Crippen LogP contribution in [0.4, 0.5) is 0 Å². The number of nitrogens with zero attached hydrogens (tertiary/aromatic N) is 1. The minimum absolute atomic E-state index is 0.0149. The van der Waals surface area contributed by atoms with Gasteiger partial charge in [0.2, 0.25) is 10.0 Å². The number of carbonyl (C=O) groups excluding carboxylic acids is 1. The first kappa shape index (κ1) is 25.4. The van der Waals surface area contributed by atoms with Crippen LogP contribution in [-0.2, 0) is 19.6 Å². The van der Waals surface area contributed by atoms with Gasteiger partial charge in [-0.05, 0) is 60.2 Å². The molecule has 0 aliphatic carbocycles. The largest absolute Gasteiger partial charge is 0.494 e. The summed E-state index contributed by atoms with van der Waals surface area (Å²) >= 11 is 0. The second-order valence-corrected chi connectivity index (χ2v) is 11.1. The summed E-state index contributed by atoms with van der Waals surface area (Å²) in [6, 6.07) is 14.3. The summed E-state index contributed by atoms with van der Waals surface area (Å²) in [7, 11) is -4.00. The average molecular weight is 501 g/mol. The van der Waals surface area contributed by atoms with Crippen molar-refractivity contribution in [2.75, 3.05) is 32.9 Å². The molecule has 0 unspecified atom stereocenters. The van der Waals surface area contributed by atoms with Crippen molar-refractivity contribution in [2.45, 2.75) is 37.9 Å². The van der Waals surface area contributed by atoms with Crippen LogP contribution >= 0.6 is 0 Å². The number of ether oxygens (including phenoxy) is 2. The maximum atomic E-state index is 13.5. The first-order valence-electron chi connectivity index (χ1n) is 11.9. The van der Waals surface area contributed by atoms with Crippen LogP contribution in [0, 0.1) is 6.92 Å². The van der Waals surface area contributed by atoms with Crippen molar-refractivity contribution in [3.05, 3.63) is 59.7 Å². The van der Waals surface area contributed by atoms with Gasteiger partial charge in [-0.3, -0.25) is 10.0 Å². The number of benzene rings is 2. The van der Waals surface area contributed by atoms with Gasteiger partial charge in [-0.2, -0.15) is 4.31 Å². The highest BCUT2D eigenvalue weighted by molar-refractivity contribution is 7.91. The van der Waals surface area contributed by atoms with Crippen molar-refractivity contribution in [2.24, 2.45) is 0 Å². The fourth-order valence-electron chi connectivity index (χ4n) is 4.87. The van der Waals surface area contributed by atoms with E-state index in [-0.39, 0.29) is 39.1 Å². The van der Waals surface area contributed by atoms with Gasteiger partial charge in [0.1, 0.15) is 5.75 Å². The Bertz CT molecular complexity index is 1200. The van der Waals surface area contributed by atoms with E-state index in [4.69, 9.17) is 9.47 Å². The van der Waals surface area contributed by atoms with Crippen molar-refractivity contribution in [1.29, 1.82) is 0 Å². The molecule has 0 radical (unpaired) electrons. The number of aryl methyl sites for hydroxylation is 1. The normalized spacial score (nSPS) is 18.5.